The molecule has 1 heterocycles. The summed E-state index contributed by atoms with van der Waals surface area (Å²) in [5.74, 6) is 0.563. The van der Waals surface area contributed by atoms with Crippen LogP contribution < -0.4 is 4.74 Å². The number of Topliss-reactive ketones (excluding diaryl/α,β-unsaturated/α-hetero) is 1. The van der Waals surface area contributed by atoms with Crippen molar-refractivity contribution in [3.05, 3.63) is 87.7 Å². The SMILES string of the molecule is COc1cc([N+](=O)[O-])ccc1-c1ccc(/C=C(\C#N)C(=O)c2ccccc2)o1. The molecule has 0 aliphatic heterocycles. The summed E-state index contributed by atoms with van der Waals surface area (Å²) in [5, 5.41) is 20.3. The topological polar surface area (TPSA) is 106 Å². The van der Waals surface area contributed by atoms with E-state index < -0.39 is 10.7 Å². The number of furan rings is 1. The van der Waals surface area contributed by atoms with Gasteiger partial charge in [0.1, 0.15) is 28.9 Å². The van der Waals surface area contributed by atoms with Gasteiger partial charge in [0.2, 0.25) is 5.78 Å². The van der Waals surface area contributed by atoms with Crippen LogP contribution in [0.25, 0.3) is 17.4 Å². The van der Waals surface area contributed by atoms with Crippen LogP contribution in [0, 0.1) is 21.4 Å². The first kappa shape index (κ1) is 18.6. The van der Waals surface area contributed by atoms with Crippen LogP contribution in [-0.2, 0) is 0 Å². The second-order valence-corrected chi connectivity index (χ2v) is 5.71. The second-order valence-electron chi connectivity index (χ2n) is 5.71. The van der Waals surface area contributed by atoms with Gasteiger partial charge in [-0.1, -0.05) is 30.3 Å². The van der Waals surface area contributed by atoms with E-state index in [1.165, 1.54) is 31.4 Å². The van der Waals surface area contributed by atoms with Crippen LogP contribution in [-0.4, -0.2) is 17.8 Å². The van der Waals surface area contributed by atoms with E-state index in [9.17, 15) is 20.2 Å². The summed E-state index contributed by atoms with van der Waals surface area (Å²) in [5.41, 5.74) is 0.745. The number of rotatable bonds is 6. The van der Waals surface area contributed by atoms with Crippen molar-refractivity contribution in [2.24, 2.45) is 0 Å². The molecule has 0 fully saturated rings. The van der Waals surface area contributed by atoms with Gasteiger partial charge in [0.25, 0.3) is 5.69 Å². The van der Waals surface area contributed by atoms with E-state index >= 15 is 0 Å². The molecule has 0 N–H and O–H groups in total. The van der Waals surface area contributed by atoms with Crippen molar-refractivity contribution in [3.8, 4) is 23.1 Å². The molecule has 0 atom stereocenters. The maximum atomic E-state index is 12.4. The second kappa shape index (κ2) is 8.01. The summed E-state index contributed by atoms with van der Waals surface area (Å²) in [6.45, 7) is 0. The summed E-state index contributed by atoms with van der Waals surface area (Å²) < 4.78 is 10.9. The van der Waals surface area contributed by atoms with Gasteiger partial charge in [-0.3, -0.25) is 14.9 Å². The Kier molecular flexibility index (Phi) is 5.33. The van der Waals surface area contributed by atoms with E-state index in [2.05, 4.69) is 0 Å². The highest BCUT2D eigenvalue weighted by atomic mass is 16.6. The number of methoxy groups -OCH3 is 1. The van der Waals surface area contributed by atoms with E-state index in [0.29, 0.717) is 22.6 Å². The largest absolute Gasteiger partial charge is 0.496 e. The summed E-state index contributed by atoms with van der Waals surface area (Å²) in [6, 6.07) is 17.8. The van der Waals surface area contributed by atoms with Crippen molar-refractivity contribution in [3.63, 3.8) is 0 Å². The van der Waals surface area contributed by atoms with Crippen molar-refractivity contribution in [2.75, 3.05) is 7.11 Å². The number of nitriles is 1. The number of ether oxygens (including phenoxy) is 1. The van der Waals surface area contributed by atoms with Gasteiger partial charge in [-0.15, -0.1) is 0 Å². The normalized spacial score (nSPS) is 10.9. The first-order chi connectivity index (χ1) is 13.5. The molecule has 3 rings (SSSR count). The van der Waals surface area contributed by atoms with E-state index in [1.54, 1.807) is 42.5 Å². The Labute approximate surface area is 160 Å². The zero-order valence-corrected chi connectivity index (χ0v) is 14.8. The van der Waals surface area contributed by atoms with Gasteiger partial charge in [-0.25, -0.2) is 0 Å². The number of nitrogens with zero attached hydrogens (tertiary/aromatic N) is 2. The minimum Gasteiger partial charge on any atom is -0.496 e. The fraction of sp³-hybridized carbons (Fsp3) is 0.0476. The first-order valence-corrected chi connectivity index (χ1v) is 8.17. The maximum absolute atomic E-state index is 12.4. The Bertz CT molecular complexity index is 1110. The number of carbonyl (C=O) groups excluding carboxylic acids is 1. The quantitative estimate of drug-likeness (QED) is 0.204. The Hall–Kier alpha value is -4.18. The van der Waals surface area contributed by atoms with Crippen LogP contribution >= 0.6 is 0 Å². The number of ketones is 1. The molecule has 7 heteroatoms. The van der Waals surface area contributed by atoms with Crippen LogP contribution in [0.2, 0.25) is 0 Å². The number of non-ortho nitro benzene ring substituents is 1. The molecule has 0 aliphatic rings. The Morgan fingerprint density at radius 3 is 2.57 bits per heavy atom. The number of benzene rings is 2. The van der Waals surface area contributed by atoms with Gasteiger partial charge >= 0.3 is 0 Å². The third-order valence-electron chi connectivity index (χ3n) is 3.98. The number of nitro benzene ring substituents is 1. The molecule has 1 aromatic heterocycles. The fourth-order valence-electron chi connectivity index (χ4n) is 2.61. The third-order valence-corrected chi connectivity index (χ3v) is 3.98. The predicted octanol–water partition coefficient (Wildman–Crippen LogP) is 4.65. The van der Waals surface area contributed by atoms with Crippen molar-refractivity contribution in [1.82, 2.24) is 0 Å². The van der Waals surface area contributed by atoms with Gasteiger partial charge in [-0.2, -0.15) is 5.26 Å². The average molecular weight is 374 g/mol. The van der Waals surface area contributed by atoms with Crippen molar-refractivity contribution >= 4 is 17.5 Å². The zero-order chi connectivity index (χ0) is 20.1. The first-order valence-electron chi connectivity index (χ1n) is 8.17. The summed E-state index contributed by atoms with van der Waals surface area (Å²) in [7, 11) is 1.40. The molecular weight excluding hydrogens is 360 g/mol. The molecule has 138 valence electrons. The molecule has 0 amide bonds. The lowest BCUT2D eigenvalue weighted by Crippen LogP contribution is -2.01. The lowest BCUT2D eigenvalue weighted by Gasteiger charge is -2.05. The highest BCUT2D eigenvalue weighted by Gasteiger charge is 2.16. The average Bonchev–Trinajstić information content (AvgIpc) is 3.20. The number of hydrogen-bond acceptors (Lipinski definition) is 6. The fourth-order valence-corrected chi connectivity index (χ4v) is 2.61. The minimum absolute atomic E-state index is 0.0669. The molecule has 28 heavy (non-hydrogen) atoms. The van der Waals surface area contributed by atoms with Crippen molar-refractivity contribution < 1.29 is 18.9 Å². The molecule has 0 saturated carbocycles. The molecule has 3 aromatic rings. The number of hydrogen-bond donors (Lipinski definition) is 0. The number of carbonyl (C=O) groups is 1. The highest BCUT2D eigenvalue weighted by Crippen LogP contribution is 2.34. The van der Waals surface area contributed by atoms with Gasteiger partial charge in [0.05, 0.1) is 23.7 Å². The molecule has 0 spiro atoms. The predicted molar refractivity (Wildman–Crippen MR) is 102 cm³/mol. The smallest absolute Gasteiger partial charge is 0.273 e. The van der Waals surface area contributed by atoms with E-state index in [0.717, 1.165) is 0 Å². The highest BCUT2D eigenvalue weighted by molar-refractivity contribution is 6.13. The molecule has 0 bridgehead atoms. The van der Waals surface area contributed by atoms with E-state index in [-0.39, 0.29) is 17.0 Å². The third kappa shape index (κ3) is 3.81. The zero-order valence-electron chi connectivity index (χ0n) is 14.8. The van der Waals surface area contributed by atoms with Gasteiger partial charge < -0.3 is 9.15 Å². The Balaban J connectivity index is 1.94. The van der Waals surface area contributed by atoms with Crippen molar-refractivity contribution in [2.45, 2.75) is 0 Å². The molecule has 0 radical (unpaired) electrons. The molecule has 0 unspecified atom stereocenters. The molecule has 2 aromatic carbocycles. The van der Waals surface area contributed by atoms with Crippen LogP contribution in [0.3, 0.4) is 0 Å². The molecule has 7 nitrogen and oxygen atoms in total. The van der Waals surface area contributed by atoms with Crippen LogP contribution in [0.15, 0.2) is 70.7 Å². The van der Waals surface area contributed by atoms with Gasteiger partial charge in [-0.05, 0) is 18.2 Å². The van der Waals surface area contributed by atoms with E-state index in [1.807, 2.05) is 6.07 Å². The van der Waals surface area contributed by atoms with Gasteiger partial charge in [0.15, 0.2) is 0 Å². The van der Waals surface area contributed by atoms with E-state index in [4.69, 9.17) is 9.15 Å². The van der Waals surface area contributed by atoms with Crippen LogP contribution in [0.5, 0.6) is 5.75 Å². The molecular formula is C21H14N2O5. The summed E-state index contributed by atoms with van der Waals surface area (Å²) >= 11 is 0. The monoisotopic (exact) mass is 374 g/mol. The Morgan fingerprint density at radius 2 is 1.93 bits per heavy atom. The minimum atomic E-state index is -0.517. The standard InChI is InChI=1S/C21H14N2O5/c1-27-20-12-16(23(25)26)7-9-18(20)19-10-8-17(28-19)11-15(13-22)21(24)14-5-3-2-4-6-14/h2-12H,1H3/b15-11+. The van der Waals surface area contributed by atoms with Gasteiger partial charge in [0, 0.05) is 17.7 Å². The summed E-state index contributed by atoms with van der Waals surface area (Å²) in [4.78, 5) is 22.8. The molecule has 0 aliphatic carbocycles. The van der Waals surface area contributed by atoms with Crippen molar-refractivity contribution in [1.29, 1.82) is 5.26 Å². The number of nitro groups is 1. The van der Waals surface area contributed by atoms with Crippen LogP contribution in [0.4, 0.5) is 5.69 Å². The molecule has 0 saturated heterocycles. The lowest BCUT2D eigenvalue weighted by molar-refractivity contribution is -0.384. The summed E-state index contributed by atoms with van der Waals surface area (Å²) in [6.07, 6.45) is 1.36. The Morgan fingerprint density at radius 1 is 1.18 bits per heavy atom. The lowest BCUT2D eigenvalue weighted by atomic mass is 10.0. The maximum Gasteiger partial charge on any atom is 0.273 e. The number of allylic oxidation sites excluding steroid dienone is 1. The van der Waals surface area contributed by atoms with Crippen LogP contribution in [0.1, 0.15) is 16.1 Å².